The van der Waals surface area contributed by atoms with Crippen molar-refractivity contribution in [3.63, 3.8) is 0 Å². The summed E-state index contributed by atoms with van der Waals surface area (Å²) in [6, 6.07) is 6.61. The molecule has 1 N–H and O–H groups in total. The fourth-order valence-corrected chi connectivity index (χ4v) is 1.09. The first kappa shape index (κ1) is 12.0. The first-order valence-corrected chi connectivity index (χ1v) is 4.84. The summed E-state index contributed by atoms with van der Waals surface area (Å²) in [6.45, 7) is 3.98. The van der Waals surface area contributed by atoms with Crippen LogP contribution in [0.25, 0.3) is 0 Å². The lowest BCUT2D eigenvalue weighted by Gasteiger charge is -1.99. The van der Waals surface area contributed by atoms with E-state index in [1.54, 1.807) is 24.3 Å². The largest absolute Gasteiger partial charge is 0.478 e. The van der Waals surface area contributed by atoms with E-state index >= 15 is 0 Å². The highest BCUT2D eigenvalue weighted by atomic mass is 16.6. The number of oxime groups is 1. The maximum atomic E-state index is 10.8. The van der Waals surface area contributed by atoms with Gasteiger partial charge in [-0.3, -0.25) is 0 Å². The monoisotopic (exact) mass is 219 g/mol. The third-order valence-electron chi connectivity index (χ3n) is 1.87. The van der Waals surface area contributed by atoms with Crippen LogP contribution in [-0.2, 0) is 4.84 Å². The van der Waals surface area contributed by atoms with Gasteiger partial charge in [0.25, 0.3) is 0 Å². The molecule has 0 unspecified atom stereocenters. The normalized spacial score (nSPS) is 10.2. The predicted molar refractivity (Wildman–Crippen MR) is 61.8 cm³/mol. The number of carbonyl (C=O) groups is 1. The van der Waals surface area contributed by atoms with Crippen molar-refractivity contribution in [3.8, 4) is 0 Å². The average Bonchev–Trinajstić information content (AvgIpc) is 2.29. The van der Waals surface area contributed by atoms with Crippen LogP contribution in [0.4, 0.5) is 0 Å². The molecule has 0 aliphatic rings. The van der Waals surface area contributed by atoms with Crippen molar-refractivity contribution < 1.29 is 14.7 Å². The Balaban J connectivity index is 2.65. The van der Waals surface area contributed by atoms with E-state index in [1.807, 2.05) is 0 Å². The highest BCUT2D eigenvalue weighted by Crippen LogP contribution is 2.06. The molecule has 0 heterocycles. The van der Waals surface area contributed by atoms with Gasteiger partial charge in [-0.25, -0.2) is 4.79 Å². The summed E-state index contributed by atoms with van der Waals surface area (Å²) >= 11 is 0. The molecule has 0 bridgehead atoms. The minimum absolute atomic E-state index is 0.207. The number of hydrogen-bond donors (Lipinski definition) is 1. The molecule has 0 saturated carbocycles. The van der Waals surface area contributed by atoms with Gasteiger partial charge in [0.05, 0.1) is 11.8 Å². The lowest BCUT2D eigenvalue weighted by atomic mass is 10.1. The van der Waals surface area contributed by atoms with Gasteiger partial charge in [0.15, 0.2) is 0 Å². The Bertz CT molecular complexity index is 399. The van der Waals surface area contributed by atoms with E-state index < -0.39 is 5.97 Å². The molecule has 0 aromatic heterocycles. The molecule has 0 fully saturated rings. The molecule has 1 aromatic carbocycles. The molecule has 1 aromatic rings. The van der Waals surface area contributed by atoms with Crippen LogP contribution in [0.1, 0.15) is 22.3 Å². The number of aromatic carboxylic acids is 1. The molecule has 0 spiro atoms. The maximum absolute atomic E-state index is 10.8. The number of hydrogen-bond acceptors (Lipinski definition) is 3. The van der Waals surface area contributed by atoms with Gasteiger partial charge >= 0.3 is 5.97 Å². The summed E-state index contributed by atoms with van der Waals surface area (Å²) in [7, 11) is 0. The molecule has 4 nitrogen and oxygen atoms in total. The molecule has 0 aliphatic heterocycles. The van der Waals surface area contributed by atoms with E-state index in [1.165, 1.54) is 12.3 Å². The summed E-state index contributed by atoms with van der Waals surface area (Å²) < 4.78 is 0. The first-order valence-electron chi connectivity index (χ1n) is 4.84. The summed E-state index contributed by atoms with van der Waals surface area (Å²) in [5.74, 6) is -0.979. The van der Waals surface area contributed by atoms with Gasteiger partial charge in [0, 0.05) is 12.0 Å². The van der Waals surface area contributed by atoms with E-state index in [2.05, 4.69) is 11.7 Å². The Morgan fingerprint density at radius 2 is 2.25 bits per heavy atom. The predicted octanol–water partition coefficient (Wildman–Crippen LogP) is 2.31. The number of benzene rings is 1. The third-order valence-corrected chi connectivity index (χ3v) is 1.87. The Morgan fingerprint density at radius 1 is 1.50 bits per heavy atom. The van der Waals surface area contributed by atoms with Crippen LogP contribution >= 0.6 is 0 Å². The minimum Gasteiger partial charge on any atom is -0.478 e. The molecule has 0 saturated heterocycles. The third kappa shape index (κ3) is 3.57. The van der Waals surface area contributed by atoms with Crippen molar-refractivity contribution in [3.05, 3.63) is 48.0 Å². The second kappa shape index (κ2) is 6.40. The second-order valence-electron chi connectivity index (χ2n) is 3.04. The summed E-state index contributed by atoms with van der Waals surface area (Å²) in [5.41, 5.74) is 0.729. The topological polar surface area (TPSA) is 58.9 Å². The van der Waals surface area contributed by atoms with Crippen LogP contribution in [0.15, 0.2) is 42.1 Å². The molecule has 0 atom stereocenters. The number of carboxylic acid groups (broad SMARTS) is 1. The Hall–Kier alpha value is -2.10. The molecule has 4 heteroatoms. The van der Waals surface area contributed by atoms with Gasteiger partial charge < -0.3 is 9.94 Å². The molecule has 16 heavy (non-hydrogen) atoms. The van der Waals surface area contributed by atoms with Crippen molar-refractivity contribution in [1.82, 2.24) is 0 Å². The van der Waals surface area contributed by atoms with E-state index in [-0.39, 0.29) is 5.56 Å². The van der Waals surface area contributed by atoms with Crippen LogP contribution in [0.3, 0.4) is 0 Å². The van der Waals surface area contributed by atoms with Crippen LogP contribution in [0.2, 0.25) is 0 Å². The van der Waals surface area contributed by atoms with E-state index in [0.29, 0.717) is 18.6 Å². The Kier molecular flexibility index (Phi) is 4.79. The van der Waals surface area contributed by atoms with Crippen LogP contribution in [0.5, 0.6) is 0 Å². The highest BCUT2D eigenvalue weighted by molar-refractivity contribution is 5.98. The van der Waals surface area contributed by atoms with Crippen molar-refractivity contribution in [1.29, 1.82) is 0 Å². The zero-order valence-corrected chi connectivity index (χ0v) is 8.80. The van der Waals surface area contributed by atoms with Crippen molar-refractivity contribution in [2.45, 2.75) is 6.42 Å². The second-order valence-corrected chi connectivity index (χ2v) is 3.04. The van der Waals surface area contributed by atoms with Gasteiger partial charge in [-0.05, 0) is 6.07 Å². The number of nitrogens with zero attached hydrogens (tertiary/aromatic N) is 1. The fourth-order valence-electron chi connectivity index (χ4n) is 1.09. The Morgan fingerprint density at radius 3 is 2.94 bits per heavy atom. The number of rotatable bonds is 6. The fraction of sp³-hybridized carbons (Fsp3) is 0.167. The zero-order chi connectivity index (χ0) is 11.8. The molecule has 0 aliphatic carbocycles. The highest BCUT2D eigenvalue weighted by Gasteiger charge is 2.06. The molecule has 0 radical (unpaired) electrons. The lowest BCUT2D eigenvalue weighted by molar-refractivity contribution is 0.0696. The van der Waals surface area contributed by atoms with E-state index in [4.69, 9.17) is 9.94 Å². The Labute approximate surface area is 93.9 Å². The van der Waals surface area contributed by atoms with Gasteiger partial charge in [-0.15, -0.1) is 6.58 Å². The first-order chi connectivity index (χ1) is 7.75. The van der Waals surface area contributed by atoms with Gasteiger partial charge in [-0.1, -0.05) is 29.4 Å². The van der Waals surface area contributed by atoms with Crippen LogP contribution in [0, 0.1) is 0 Å². The summed E-state index contributed by atoms with van der Waals surface area (Å²) in [4.78, 5) is 15.8. The maximum Gasteiger partial charge on any atom is 0.336 e. The van der Waals surface area contributed by atoms with Gasteiger partial charge in [0.2, 0.25) is 0 Å². The SMILES string of the molecule is C=CCCO/N=C/c1ccccc1C(=O)O. The lowest BCUT2D eigenvalue weighted by Crippen LogP contribution is -2.01. The minimum atomic E-state index is -0.979. The smallest absolute Gasteiger partial charge is 0.336 e. The molecule has 1 rings (SSSR count). The van der Waals surface area contributed by atoms with Crippen molar-refractivity contribution in [2.75, 3.05) is 6.61 Å². The molecule has 0 amide bonds. The van der Waals surface area contributed by atoms with E-state index in [0.717, 1.165) is 0 Å². The number of carboxylic acids is 1. The average molecular weight is 219 g/mol. The standard InChI is InChI=1S/C12H13NO3/c1-2-3-8-16-13-9-10-6-4-5-7-11(10)12(14)15/h2,4-7,9H,1,3,8H2,(H,14,15)/b13-9+. The van der Waals surface area contributed by atoms with Crippen molar-refractivity contribution in [2.24, 2.45) is 5.16 Å². The molecular weight excluding hydrogens is 206 g/mol. The summed E-state index contributed by atoms with van der Waals surface area (Å²) in [5, 5.41) is 12.6. The zero-order valence-electron chi connectivity index (χ0n) is 8.80. The molecule has 84 valence electrons. The summed E-state index contributed by atoms with van der Waals surface area (Å²) in [6.07, 6.45) is 3.82. The van der Waals surface area contributed by atoms with Gasteiger partial charge in [-0.2, -0.15) is 0 Å². The molecular formula is C12H13NO3. The van der Waals surface area contributed by atoms with Gasteiger partial charge in [0.1, 0.15) is 6.61 Å². The van der Waals surface area contributed by atoms with Crippen LogP contribution in [-0.4, -0.2) is 23.9 Å². The van der Waals surface area contributed by atoms with Crippen molar-refractivity contribution >= 4 is 12.2 Å². The van der Waals surface area contributed by atoms with Crippen LogP contribution < -0.4 is 0 Å². The van der Waals surface area contributed by atoms with E-state index in [9.17, 15) is 4.79 Å². The quantitative estimate of drug-likeness (QED) is 0.345.